The van der Waals surface area contributed by atoms with Crippen molar-refractivity contribution in [3.8, 4) is 5.75 Å². The summed E-state index contributed by atoms with van der Waals surface area (Å²) >= 11 is 0. The van der Waals surface area contributed by atoms with Crippen molar-refractivity contribution in [2.24, 2.45) is 0 Å². The van der Waals surface area contributed by atoms with E-state index in [0.717, 1.165) is 50.6 Å². The van der Waals surface area contributed by atoms with Gasteiger partial charge in [0.1, 0.15) is 11.4 Å². The molecule has 1 heterocycles. The number of nitrogens with one attached hydrogen (secondary N) is 1. The minimum Gasteiger partial charge on any atom is -0.508 e. The van der Waals surface area contributed by atoms with Gasteiger partial charge in [-0.15, -0.1) is 0 Å². The molecule has 6 nitrogen and oxygen atoms in total. The highest BCUT2D eigenvalue weighted by molar-refractivity contribution is 5.76. The molecular formula is C30H40N2O4. The van der Waals surface area contributed by atoms with Crippen LogP contribution in [-0.4, -0.2) is 53.7 Å². The van der Waals surface area contributed by atoms with Crippen molar-refractivity contribution in [1.82, 2.24) is 10.2 Å². The number of fused-ring (bicyclic) bond motifs is 1. The van der Waals surface area contributed by atoms with E-state index in [0.29, 0.717) is 25.8 Å². The van der Waals surface area contributed by atoms with Crippen LogP contribution >= 0.6 is 0 Å². The number of unbranched alkanes of at least 4 members (excludes halogenated alkanes) is 2. The Balaban J connectivity index is 1.42. The van der Waals surface area contributed by atoms with Gasteiger partial charge in [-0.05, 0) is 81.8 Å². The SMILES string of the molecule is CC(=O)O[C@]12CC[C@@H](NC(=O)CCCCCc3ccccc3)C[C@]1(c1cccc(O)c1)CCN(C)C2. The summed E-state index contributed by atoms with van der Waals surface area (Å²) < 4.78 is 6.16. The Hall–Kier alpha value is -2.86. The Morgan fingerprint density at radius 3 is 2.64 bits per heavy atom. The molecule has 3 atom stereocenters. The summed E-state index contributed by atoms with van der Waals surface area (Å²) in [5, 5.41) is 13.6. The molecule has 194 valence electrons. The molecule has 0 bridgehead atoms. The van der Waals surface area contributed by atoms with Gasteiger partial charge in [0, 0.05) is 31.3 Å². The molecule has 36 heavy (non-hydrogen) atoms. The van der Waals surface area contributed by atoms with E-state index in [9.17, 15) is 14.7 Å². The van der Waals surface area contributed by atoms with Gasteiger partial charge in [-0.2, -0.15) is 0 Å². The summed E-state index contributed by atoms with van der Waals surface area (Å²) in [4.78, 5) is 27.4. The van der Waals surface area contributed by atoms with Crippen LogP contribution in [0.1, 0.15) is 69.4 Å². The Labute approximate surface area is 215 Å². The van der Waals surface area contributed by atoms with E-state index in [-0.39, 0.29) is 23.7 Å². The number of aryl methyl sites for hydroxylation is 1. The van der Waals surface area contributed by atoms with Gasteiger partial charge in [-0.3, -0.25) is 9.59 Å². The van der Waals surface area contributed by atoms with Crippen LogP contribution in [-0.2, 0) is 26.2 Å². The quantitative estimate of drug-likeness (QED) is 0.391. The molecule has 1 amide bonds. The number of likely N-dealkylation sites (N-methyl/N-ethyl adjacent to an activating group) is 1. The summed E-state index contributed by atoms with van der Waals surface area (Å²) in [5.41, 5.74) is 1.18. The summed E-state index contributed by atoms with van der Waals surface area (Å²) in [6.07, 6.45) is 7.50. The van der Waals surface area contributed by atoms with Crippen LogP contribution in [0.3, 0.4) is 0 Å². The average molecular weight is 493 g/mol. The van der Waals surface area contributed by atoms with Crippen LogP contribution in [0.15, 0.2) is 54.6 Å². The smallest absolute Gasteiger partial charge is 0.303 e. The van der Waals surface area contributed by atoms with E-state index in [1.807, 2.05) is 18.2 Å². The maximum absolute atomic E-state index is 12.9. The van der Waals surface area contributed by atoms with Crippen LogP contribution in [0.25, 0.3) is 0 Å². The predicted octanol–water partition coefficient (Wildman–Crippen LogP) is 4.74. The fraction of sp³-hybridized carbons (Fsp3) is 0.533. The van der Waals surface area contributed by atoms with Crippen LogP contribution < -0.4 is 5.32 Å². The van der Waals surface area contributed by atoms with Gasteiger partial charge in [-0.1, -0.05) is 48.9 Å². The van der Waals surface area contributed by atoms with Crippen molar-refractivity contribution >= 4 is 11.9 Å². The zero-order valence-electron chi connectivity index (χ0n) is 21.7. The Kier molecular flexibility index (Phi) is 8.35. The topological polar surface area (TPSA) is 78.9 Å². The number of ether oxygens (including phenoxy) is 1. The minimum atomic E-state index is -0.682. The number of phenolic OH excluding ortho intramolecular Hbond substituents is 1. The van der Waals surface area contributed by atoms with Crippen LogP contribution in [0, 0.1) is 0 Å². The molecule has 2 aromatic carbocycles. The molecule has 0 spiro atoms. The zero-order chi connectivity index (χ0) is 25.6. The fourth-order valence-electron chi connectivity index (χ4n) is 6.46. The molecule has 2 fully saturated rings. The number of aromatic hydroxyl groups is 1. The molecule has 1 saturated heterocycles. The number of rotatable bonds is 9. The Morgan fingerprint density at radius 1 is 1.08 bits per heavy atom. The summed E-state index contributed by atoms with van der Waals surface area (Å²) in [7, 11) is 2.06. The molecule has 6 heteroatoms. The first kappa shape index (κ1) is 26.2. The number of benzene rings is 2. The number of hydrogen-bond donors (Lipinski definition) is 2. The minimum absolute atomic E-state index is 0.0104. The number of amides is 1. The second-order valence-electron chi connectivity index (χ2n) is 10.8. The lowest BCUT2D eigenvalue weighted by Crippen LogP contribution is -2.68. The standard InChI is InChI=1S/C30H40N2O4/c1-23(33)36-30-17-16-26(31-28(35)15-8-4-7-12-24-10-5-3-6-11-24)21-29(30,18-19-32(2)22-30)25-13-9-14-27(34)20-25/h3,5-6,9-11,13-14,20,26,34H,4,7-8,12,15-19,21-22H2,1-2H3,(H,31,35)/t26-,29+,30+/m1/s1. The maximum atomic E-state index is 12.9. The average Bonchev–Trinajstić information content (AvgIpc) is 2.84. The second kappa shape index (κ2) is 11.5. The van der Waals surface area contributed by atoms with Gasteiger partial charge in [0.25, 0.3) is 0 Å². The molecule has 1 aliphatic carbocycles. The first-order chi connectivity index (χ1) is 17.3. The zero-order valence-corrected chi connectivity index (χ0v) is 21.7. The molecule has 1 saturated carbocycles. The van der Waals surface area contributed by atoms with E-state index < -0.39 is 11.0 Å². The van der Waals surface area contributed by atoms with Crippen LogP contribution in [0.2, 0.25) is 0 Å². The molecular weight excluding hydrogens is 452 g/mol. The monoisotopic (exact) mass is 492 g/mol. The van der Waals surface area contributed by atoms with Gasteiger partial charge >= 0.3 is 5.97 Å². The Bertz CT molecular complexity index is 1040. The van der Waals surface area contributed by atoms with E-state index in [2.05, 4.69) is 41.5 Å². The van der Waals surface area contributed by atoms with Gasteiger partial charge in [0.2, 0.25) is 5.91 Å². The van der Waals surface area contributed by atoms with E-state index >= 15 is 0 Å². The number of esters is 1. The van der Waals surface area contributed by atoms with Gasteiger partial charge in [0.05, 0.1) is 0 Å². The van der Waals surface area contributed by atoms with E-state index in [1.54, 1.807) is 12.1 Å². The van der Waals surface area contributed by atoms with Crippen molar-refractivity contribution < 1.29 is 19.4 Å². The van der Waals surface area contributed by atoms with Gasteiger partial charge in [0.15, 0.2) is 0 Å². The van der Waals surface area contributed by atoms with Crippen molar-refractivity contribution in [1.29, 1.82) is 0 Å². The predicted molar refractivity (Wildman–Crippen MR) is 141 cm³/mol. The molecule has 2 aliphatic rings. The Morgan fingerprint density at radius 2 is 1.89 bits per heavy atom. The van der Waals surface area contributed by atoms with Crippen molar-refractivity contribution in [2.75, 3.05) is 20.1 Å². The number of piperidine rings is 1. The normalized spacial score (nSPS) is 26.1. The summed E-state index contributed by atoms with van der Waals surface area (Å²) in [6.45, 7) is 2.98. The van der Waals surface area contributed by atoms with Crippen molar-refractivity contribution in [2.45, 2.75) is 81.8 Å². The van der Waals surface area contributed by atoms with Gasteiger partial charge < -0.3 is 20.1 Å². The molecule has 0 radical (unpaired) electrons. The number of carbonyl (C=O) groups excluding carboxylic acids is 2. The largest absolute Gasteiger partial charge is 0.508 e. The molecule has 2 aromatic rings. The highest BCUT2D eigenvalue weighted by atomic mass is 16.6. The first-order valence-corrected chi connectivity index (χ1v) is 13.3. The molecule has 4 rings (SSSR count). The third-order valence-electron chi connectivity index (χ3n) is 8.12. The molecule has 2 N–H and O–H groups in total. The van der Waals surface area contributed by atoms with Crippen molar-refractivity contribution in [3.05, 3.63) is 65.7 Å². The number of nitrogens with zero attached hydrogens (tertiary/aromatic N) is 1. The highest BCUT2D eigenvalue weighted by Gasteiger charge is 2.60. The lowest BCUT2D eigenvalue weighted by Gasteiger charge is -2.59. The maximum Gasteiger partial charge on any atom is 0.303 e. The summed E-state index contributed by atoms with van der Waals surface area (Å²) in [5.74, 6) is 0.0192. The van der Waals surface area contributed by atoms with E-state index in [4.69, 9.17) is 4.74 Å². The van der Waals surface area contributed by atoms with E-state index in [1.165, 1.54) is 12.5 Å². The third-order valence-corrected chi connectivity index (χ3v) is 8.12. The number of carbonyl (C=O) groups is 2. The molecule has 0 aromatic heterocycles. The lowest BCUT2D eigenvalue weighted by atomic mass is 9.55. The first-order valence-electron chi connectivity index (χ1n) is 13.3. The van der Waals surface area contributed by atoms with Crippen LogP contribution in [0.5, 0.6) is 5.75 Å². The third kappa shape index (κ3) is 5.92. The second-order valence-corrected chi connectivity index (χ2v) is 10.8. The fourth-order valence-corrected chi connectivity index (χ4v) is 6.46. The molecule has 0 unspecified atom stereocenters. The number of likely N-dealkylation sites (tertiary alicyclic amines) is 1. The lowest BCUT2D eigenvalue weighted by molar-refractivity contribution is -0.185. The van der Waals surface area contributed by atoms with Crippen molar-refractivity contribution in [3.63, 3.8) is 0 Å². The number of phenols is 1. The summed E-state index contributed by atoms with van der Waals surface area (Å²) in [6, 6.07) is 17.8. The number of hydrogen-bond acceptors (Lipinski definition) is 5. The molecule has 1 aliphatic heterocycles. The van der Waals surface area contributed by atoms with Gasteiger partial charge in [-0.25, -0.2) is 0 Å². The highest BCUT2D eigenvalue weighted by Crippen LogP contribution is 2.53. The van der Waals surface area contributed by atoms with Crippen LogP contribution in [0.4, 0.5) is 0 Å².